The lowest BCUT2D eigenvalue weighted by molar-refractivity contribution is -0.157. The zero-order valence-electron chi connectivity index (χ0n) is 15.5. The highest BCUT2D eigenvalue weighted by Gasteiger charge is 2.33. The van der Waals surface area contributed by atoms with Crippen molar-refractivity contribution in [3.63, 3.8) is 0 Å². The summed E-state index contributed by atoms with van der Waals surface area (Å²) in [6.45, 7) is 10.1. The standard InChI is InChI=1S/C20H31NO2Si/c1-5-10-18(13-9-14-24(2,3)4)21-15-20(22)23-16-19(21)17-11-7-6-8-12-17/h6-9,11-12,14,18-19H,5,10,13,15-16H2,1-4H3/b14-9+/t18-,19+/m0/s1. The molecule has 3 nitrogen and oxygen atoms in total. The van der Waals surface area contributed by atoms with Crippen molar-refractivity contribution in [2.24, 2.45) is 0 Å². The third-order valence-electron chi connectivity index (χ3n) is 4.42. The maximum Gasteiger partial charge on any atom is 0.320 e. The van der Waals surface area contributed by atoms with Crippen molar-refractivity contribution < 1.29 is 9.53 Å². The number of benzene rings is 1. The van der Waals surface area contributed by atoms with E-state index >= 15 is 0 Å². The second-order valence-electron chi connectivity index (χ2n) is 7.73. The van der Waals surface area contributed by atoms with E-state index in [0.717, 1.165) is 19.3 Å². The molecule has 0 amide bonds. The fourth-order valence-electron chi connectivity index (χ4n) is 3.25. The minimum Gasteiger partial charge on any atom is -0.463 e. The number of nitrogens with zero attached hydrogens (tertiary/aromatic N) is 1. The Morgan fingerprint density at radius 2 is 2.00 bits per heavy atom. The van der Waals surface area contributed by atoms with Crippen molar-refractivity contribution in [2.75, 3.05) is 13.2 Å². The maximum absolute atomic E-state index is 11.9. The number of hydrogen-bond acceptors (Lipinski definition) is 3. The molecule has 0 unspecified atom stereocenters. The summed E-state index contributed by atoms with van der Waals surface area (Å²) in [5.41, 5.74) is 3.65. The number of rotatable bonds is 7. The molecule has 1 aliphatic rings. The molecular weight excluding hydrogens is 314 g/mol. The van der Waals surface area contributed by atoms with Crippen LogP contribution in [0.4, 0.5) is 0 Å². The summed E-state index contributed by atoms with van der Waals surface area (Å²) in [6.07, 6.45) is 5.58. The average Bonchev–Trinajstić information content (AvgIpc) is 2.54. The van der Waals surface area contributed by atoms with E-state index in [1.165, 1.54) is 5.56 Å². The summed E-state index contributed by atoms with van der Waals surface area (Å²) in [5, 5.41) is 0. The normalized spacial score (nSPS) is 21.0. The predicted octanol–water partition coefficient (Wildman–Crippen LogP) is 4.58. The number of carbonyl (C=O) groups excluding carboxylic acids is 1. The Kier molecular flexibility index (Phi) is 6.81. The Morgan fingerprint density at radius 1 is 1.29 bits per heavy atom. The summed E-state index contributed by atoms with van der Waals surface area (Å²) in [5.74, 6) is -0.0996. The van der Waals surface area contributed by atoms with Gasteiger partial charge in [-0.15, -0.1) is 0 Å². The number of cyclic esters (lactones) is 1. The SMILES string of the molecule is CCC[C@@H](C/C=C/[Si](C)(C)C)N1CC(=O)OC[C@@H]1c1ccccc1. The average molecular weight is 346 g/mol. The van der Waals surface area contributed by atoms with E-state index in [9.17, 15) is 4.79 Å². The molecule has 132 valence electrons. The third-order valence-corrected chi connectivity index (χ3v) is 5.65. The molecule has 24 heavy (non-hydrogen) atoms. The molecule has 4 heteroatoms. The lowest BCUT2D eigenvalue weighted by atomic mass is 9.98. The number of morpholine rings is 1. The van der Waals surface area contributed by atoms with Gasteiger partial charge in [0.15, 0.2) is 0 Å². The Hall–Kier alpha value is -1.39. The summed E-state index contributed by atoms with van der Waals surface area (Å²) >= 11 is 0. The van der Waals surface area contributed by atoms with Crippen LogP contribution in [-0.2, 0) is 9.53 Å². The molecule has 1 aromatic carbocycles. The van der Waals surface area contributed by atoms with Crippen molar-refractivity contribution in [2.45, 2.75) is 57.9 Å². The van der Waals surface area contributed by atoms with Gasteiger partial charge in [-0.1, -0.05) is 75.1 Å². The number of esters is 1. The molecule has 0 N–H and O–H groups in total. The van der Waals surface area contributed by atoms with Crippen molar-refractivity contribution >= 4 is 14.0 Å². The largest absolute Gasteiger partial charge is 0.463 e. The smallest absolute Gasteiger partial charge is 0.320 e. The maximum atomic E-state index is 11.9. The summed E-state index contributed by atoms with van der Waals surface area (Å²) < 4.78 is 5.37. The summed E-state index contributed by atoms with van der Waals surface area (Å²) in [7, 11) is -1.18. The predicted molar refractivity (Wildman–Crippen MR) is 103 cm³/mol. The second-order valence-corrected chi connectivity index (χ2v) is 12.8. The van der Waals surface area contributed by atoms with Crippen LogP contribution >= 0.6 is 0 Å². The van der Waals surface area contributed by atoms with Gasteiger partial charge in [0.1, 0.15) is 6.61 Å². The zero-order valence-corrected chi connectivity index (χ0v) is 16.5. The minimum atomic E-state index is -1.18. The molecule has 1 saturated heterocycles. The van der Waals surface area contributed by atoms with Gasteiger partial charge in [-0.3, -0.25) is 9.69 Å². The van der Waals surface area contributed by atoms with Gasteiger partial charge < -0.3 is 4.74 Å². The first-order valence-corrected chi connectivity index (χ1v) is 12.6. The van der Waals surface area contributed by atoms with E-state index in [4.69, 9.17) is 4.74 Å². The quantitative estimate of drug-likeness (QED) is 0.535. The van der Waals surface area contributed by atoms with Crippen molar-refractivity contribution in [1.82, 2.24) is 4.90 Å². The van der Waals surface area contributed by atoms with Crippen LogP contribution in [0, 0.1) is 0 Å². The van der Waals surface area contributed by atoms with Crippen LogP contribution in [0.25, 0.3) is 0 Å². The molecule has 1 heterocycles. The van der Waals surface area contributed by atoms with Gasteiger partial charge in [-0.2, -0.15) is 0 Å². The van der Waals surface area contributed by atoms with Crippen molar-refractivity contribution in [3.05, 3.63) is 47.7 Å². The molecular formula is C20H31NO2Si. The fraction of sp³-hybridized carbons (Fsp3) is 0.550. The monoisotopic (exact) mass is 345 g/mol. The summed E-state index contributed by atoms with van der Waals surface area (Å²) in [4.78, 5) is 14.3. The molecule has 0 radical (unpaired) electrons. The van der Waals surface area contributed by atoms with Gasteiger partial charge in [-0.05, 0) is 18.4 Å². The van der Waals surface area contributed by atoms with E-state index in [2.05, 4.69) is 67.5 Å². The van der Waals surface area contributed by atoms with Crippen LogP contribution in [-0.4, -0.2) is 38.1 Å². The first-order valence-electron chi connectivity index (χ1n) is 9.04. The Labute approximate surface area is 147 Å². The van der Waals surface area contributed by atoms with Crippen LogP contribution in [0.1, 0.15) is 37.8 Å². The van der Waals surface area contributed by atoms with E-state index in [1.807, 2.05) is 6.07 Å². The molecule has 1 fully saturated rings. The molecule has 0 aromatic heterocycles. The molecule has 1 aromatic rings. The highest BCUT2D eigenvalue weighted by Crippen LogP contribution is 2.29. The van der Waals surface area contributed by atoms with Crippen LogP contribution < -0.4 is 0 Å². The van der Waals surface area contributed by atoms with Crippen LogP contribution in [0.15, 0.2) is 42.1 Å². The lowest BCUT2D eigenvalue weighted by Gasteiger charge is -2.40. The molecule has 2 atom stereocenters. The first kappa shape index (κ1) is 18.9. The Bertz CT molecular complexity index is 551. The van der Waals surface area contributed by atoms with Gasteiger partial charge in [0.05, 0.1) is 20.7 Å². The van der Waals surface area contributed by atoms with Crippen molar-refractivity contribution in [3.8, 4) is 0 Å². The molecule has 2 rings (SSSR count). The number of hydrogen-bond donors (Lipinski definition) is 0. The van der Waals surface area contributed by atoms with Gasteiger partial charge in [0.25, 0.3) is 0 Å². The first-order chi connectivity index (χ1) is 11.4. The molecule has 0 bridgehead atoms. The van der Waals surface area contributed by atoms with E-state index in [-0.39, 0.29) is 12.0 Å². The second kappa shape index (κ2) is 8.63. The van der Waals surface area contributed by atoms with Crippen LogP contribution in [0.3, 0.4) is 0 Å². The van der Waals surface area contributed by atoms with Gasteiger partial charge in [0.2, 0.25) is 0 Å². The van der Waals surface area contributed by atoms with E-state index in [1.54, 1.807) is 0 Å². The minimum absolute atomic E-state index is 0.0996. The molecule has 0 spiro atoms. The Morgan fingerprint density at radius 3 is 2.62 bits per heavy atom. The lowest BCUT2D eigenvalue weighted by Crippen LogP contribution is -2.47. The highest BCUT2D eigenvalue weighted by molar-refractivity contribution is 6.80. The molecule has 1 aliphatic heterocycles. The van der Waals surface area contributed by atoms with Gasteiger partial charge in [0, 0.05) is 6.04 Å². The fourth-order valence-corrected chi connectivity index (χ4v) is 4.09. The van der Waals surface area contributed by atoms with Gasteiger partial charge >= 0.3 is 5.97 Å². The van der Waals surface area contributed by atoms with E-state index in [0.29, 0.717) is 19.2 Å². The number of ether oxygens (including phenoxy) is 1. The molecule has 0 saturated carbocycles. The third kappa shape index (κ3) is 5.60. The van der Waals surface area contributed by atoms with Crippen LogP contribution in [0.2, 0.25) is 19.6 Å². The summed E-state index contributed by atoms with van der Waals surface area (Å²) in [6, 6.07) is 11.0. The van der Waals surface area contributed by atoms with Gasteiger partial charge in [-0.25, -0.2) is 0 Å². The topological polar surface area (TPSA) is 29.5 Å². The van der Waals surface area contributed by atoms with Crippen molar-refractivity contribution in [1.29, 1.82) is 0 Å². The van der Waals surface area contributed by atoms with Crippen LogP contribution in [0.5, 0.6) is 0 Å². The number of carbonyl (C=O) groups is 1. The molecule has 0 aliphatic carbocycles. The van der Waals surface area contributed by atoms with E-state index < -0.39 is 8.07 Å². The Balaban J connectivity index is 2.19. The zero-order chi connectivity index (χ0) is 17.6. The highest BCUT2D eigenvalue weighted by atomic mass is 28.3.